The van der Waals surface area contributed by atoms with Crippen molar-refractivity contribution in [2.45, 2.75) is 26.5 Å². The summed E-state index contributed by atoms with van der Waals surface area (Å²) in [5.74, 6) is -0.631. The number of benzene rings is 2. The van der Waals surface area contributed by atoms with Gasteiger partial charge in [0.25, 0.3) is 5.91 Å². The zero-order valence-corrected chi connectivity index (χ0v) is 21.4. The van der Waals surface area contributed by atoms with Gasteiger partial charge >= 0.3 is 0 Å². The number of methoxy groups -OCH3 is 2. The Labute approximate surface area is 213 Å². The summed E-state index contributed by atoms with van der Waals surface area (Å²) in [6.07, 6.45) is 0. The highest BCUT2D eigenvalue weighted by atomic mass is 32.1. The molecule has 1 aliphatic heterocycles. The SMILES string of the molecule is COCCN1C(=O)C(O)=C(C(=O)c2sc(C)nc2C)C1c1ccc(OCc2ccccc2)c(OC)c1. The summed E-state index contributed by atoms with van der Waals surface area (Å²) in [6.45, 7) is 4.34. The van der Waals surface area contributed by atoms with Gasteiger partial charge in [0, 0.05) is 13.7 Å². The van der Waals surface area contributed by atoms with E-state index in [0.29, 0.717) is 34.2 Å². The van der Waals surface area contributed by atoms with Crippen molar-refractivity contribution in [3.8, 4) is 11.5 Å². The molecule has 8 nitrogen and oxygen atoms in total. The molecule has 3 aromatic rings. The first-order valence-electron chi connectivity index (χ1n) is 11.4. The van der Waals surface area contributed by atoms with Crippen molar-refractivity contribution < 1.29 is 28.9 Å². The van der Waals surface area contributed by atoms with Crippen LogP contribution in [-0.4, -0.2) is 54.1 Å². The van der Waals surface area contributed by atoms with E-state index in [0.717, 1.165) is 10.6 Å². The molecule has 0 fully saturated rings. The minimum absolute atomic E-state index is 0.0165. The highest BCUT2D eigenvalue weighted by Crippen LogP contribution is 2.42. The van der Waals surface area contributed by atoms with E-state index >= 15 is 0 Å². The monoisotopic (exact) mass is 508 g/mol. The molecule has 36 heavy (non-hydrogen) atoms. The number of carbonyl (C=O) groups is 2. The minimum Gasteiger partial charge on any atom is -0.503 e. The molecule has 1 N–H and O–H groups in total. The summed E-state index contributed by atoms with van der Waals surface area (Å²) in [5, 5.41) is 11.6. The van der Waals surface area contributed by atoms with Gasteiger partial charge in [-0.15, -0.1) is 11.3 Å². The number of hydrogen-bond acceptors (Lipinski definition) is 8. The lowest BCUT2D eigenvalue weighted by Gasteiger charge is -2.27. The summed E-state index contributed by atoms with van der Waals surface area (Å²) in [7, 11) is 3.06. The molecular formula is C27H28N2O6S. The van der Waals surface area contributed by atoms with Gasteiger partial charge in [0.05, 0.1) is 40.9 Å². The van der Waals surface area contributed by atoms with E-state index < -0.39 is 23.5 Å². The zero-order chi connectivity index (χ0) is 25.8. The molecule has 188 valence electrons. The molecule has 1 aliphatic rings. The van der Waals surface area contributed by atoms with Gasteiger partial charge in [0.1, 0.15) is 6.61 Å². The quantitative estimate of drug-likeness (QED) is 0.401. The van der Waals surface area contributed by atoms with E-state index in [4.69, 9.17) is 14.2 Å². The predicted molar refractivity (Wildman–Crippen MR) is 136 cm³/mol. The van der Waals surface area contributed by atoms with Crippen molar-refractivity contribution in [2.24, 2.45) is 0 Å². The Bertz CT molecular complexity index is 1300. The molecule has 0 saturated heterocycles. The molecule has 2 heterocycles. The highest BCUT2D eigenvalue weighted by molar-refractivity contribution is 7.14. The Morgan fingerprint density at radius 2 is 1.86 bits per heavy atom. The molecule has 0 aliphatic carbocycles. The number of Topliss-reactive ketones (excluding diaryl/α,β-unsaturated/α-hetero) is 1. The molecule has 0 spiro atoms. The summed E-state index contributed by atoms with van der Waals surface area (Å²) in [6, 6.07) is 14.2. The molecule has 1 unspecified atom stereocenters. The van der Waals surface area contributed by atoms with Gasteiger partial charge in [-0.05, 0) is 37.1 Å². The van der Waals surface area contributed by atoms with Crippen molar-refractivity contribution in [3.05, 3.63) is 86.6 Å². The first-order valence-corrected chi connectivity index (χ1v) is 12.2. The minimum atomic E-state index is -0.820. The van der Waals surface area contributed by atoms with E-state index in [1.165, 1.54) is 30.5 Å². The van der Waals surface area contributed by atoms with Gasteiger partial charge in [-0.2, -0.15) is 0 Å². The van der Waals surface area contributed by atoms with Crippen molar-refractivity contribution in [2.75, 3.05) is 27.4 Å². The van der Waals surface area contributed by atoms with Crippen LogP contribution in [0.5, 0.6) is 11.5 Å². The Morgan fingerprint density at radius 3 is 2.50 bits per heavy atom. The number of hydrogen-bond donors (Lipinski definition) is 1. The Morgan fingerprint density at radius 1 is 1.11 bits per heavy atom. The topological polar surface area (TPSA) is 98.2 Å². The lowest BCUT2D eigenvalue weighted by Crippen LogP contribution is -2.34. The molecular weight excluding hydrogens is 480 g/mol. The molecule has 0 saturated carbocycles. The fourth-order valence-corrected chi connectivity index (χ4v) is 5.10. The van der Waals surface area contributed by atoms with Crippen LogP contribution in [0.25, 0.3) is 0 Å². The molecule has 2 aromatic carbocycles. The second kappa shape index (κ2) is 10.9. The largest absolute Gasteiger partial charge is 0.503 e. The van der Waals surface area contributed by atoms with Crippen LogP contribution in [0.4, 0.5) is 0 Å². The van der Waals surface area contributed by atoms with E-state index in [1.807, 2.05) is 37.3 Å². The van der Waals surface area contributed by atoms with Crippen molar-refractivity contribution in [1.82, 2.24) is 9.88 Å². The van der Waals surface area contributed by atoms with Crippen molar-refractivity contribution >= 4 is 23.0 Å². The summed E-state index contributed by atoms with van der Waals surface area (Å²) < 4.78 is 16.7. The maximum absolute atomic E-state index is 13.6. The number of thiazole rings is 1. The number of aromatic nitrogens is 1. The summed E-state index contributed by atoms with van der Waals surface area (Å²) in [4.78, 5) is 32.8. The van der Waals surface area contributed by atoms with Crippen LogP contribution in [0.2, 0.25) is 0 Å². The van der Waals surface area contributed by atoms with Crippen LogP contribution in [0.15, 0.2) is 59.9 Å². The summed E-state index contributed by atoms with van der Waals surface area (Å²) in [5.41, 5.74) is 2.19. The van der Waals surface area contributed by atoms with Crippen LogP contribution >= 0.6 is 11.3 Å². The van der Waals surface area contributed by atoms with Crippen molar-refractivity contribution in [3.63, 3.8) is 0 Å². The standard InChI is InChI=1S/C27H28N2O6S/c1-16-26(36-17(2)28-16)24(30)22-23(29(12-13-33-3)27(32)25(22)31)19-10-11-20(21(14-19)34-4)35-15-18-8-6-5-7-9-18/h5-11,14,23,31H,12-13,15H2,1-4H3. The van der Waals surface area contributed by atoms with Crippen LogP contribution in [0.1, 0.15) is 37.5 Å². The number of amides is 1. The number of nitrogens with zero attached hydrogens (tertiary/aromatic N) is 2. The lowest BCUT2D eigenvalue weighted by atomic mass is 9.94. The van der Waals surface area contributed by atoms with E-state index in [-0.39, 0.29) is 18.7 Å². The van der Waals surface area contributed by atoms with E-state index in [1.54, 1.807) is 25.1 Å². The Kier molecular flexibility index (Phi) is 7.71. The van der Waals surface area contributed by atoms with Gasteiger partial charge in [0.15, 0.2) is 17.3 Å². The molecule has 0 radical (unpaired) electrons. The third-order valence-corrected chi connectivity index (χ3v) is 7.01. The number of aliphatic hydroxyl groups is 1. The fourth-order valence-electron chi connectivity index (χ4n) is 4.23. The Hall–Kier alpha value is -3.69. The molecule has 0 bridgehead atoms. The Balaban J connectivity index is 1.72. The van der Waals surface area contributed by atoms with Crippen LogP contribution in [0.3, 0.4) is 0 Å². The van der Waals surface area contributed by atoms with E-state index in [9.17, 15) is 14.7 Å². The number of carbonyl (C=O) groups excluding carboxylic acids is 2. The zero-order valence-electron chi connectivity index (χ0n) is 20.6. The maximum atomic E-state index is 13.6. The molecule has 1 amide bonds. The first-order chi connectivity index (χ1) is 17.3. The summed E-state index contributed by atoms with van der Waals surface area (Å²) >= 11 is 1.24. The van der Waals surface area contributed by atoms with Crippen LogP contribution in [0, 0.1) is 13.8 Å². The van der Waals surface area contributed by atoms with Gasteiger partial charge in [-0.25, -0.2) is 4.98 Å². The average molecular weight is 509 g/mol. The normalized spacial score (nSPS) is 15.5. The third-order valence-electron chi connectivity index (χ3n) is 5.93. The molecule has 1 aromatic heterocycles. The van der Waals surface area contributed by atoms with Gasteiger partial charge in [-0.3, -0.25) is 9.59 Å². The number of ketones is 1. The molecule has 1 atom stereocenters. The van der Waals surface area contributed by atoms with Gasteiger partial charge in [0.2, 0.25) is 5.78 Å². The molecule has 9 heteroatoms. The predicted octanol–water partition coefficient (Wildman–Crippen LogP) is 4.57. The van der Waals surface area contributed by atoms with Gasteiger partial charge in [-0.1, -0.05) is 36.4 Å². The second-order valence-electron chi connectivity index (χ2n) is 8.32. The van der Waals surface area contributed by atoms with Crippen LogP contribution < -0.4 is 9.47 Å². The average Bonchev–Trinajstić information content (AvgIpc) is 3.36. The van der Waals surface area contributed by atoms with Gasteiger partial charge < -0.3 is 24.2 Å². The van der Waals surface area contributed by atoms with Crippen LogP contribution in [-0.2, 0) is 16.1 Å². The fraction of sp³-hybridized carbons (Fsp3) is 0.296. The molecule has 4 rings (SSSR count). The van der Waals surface area contributed by atoms with E-state index in [2.05, 4.69) is 4.98 Å². The van der Waals surface area contributed by atoms with Crippen molar-refractivity contribution in [1.29, 1.82) is 0 Å². The first kappa shape index (κ1) is 25.4. The second-order valence-corrected chi connectivity index (χ2v) is 9.52. The third kappa shape index (κ3) is 4.98. The number of aryl methyl sites for hydroxylation is 2. The number of aliphatic hydroxyl groups excluding tert-OH is 1. The smallest absolute Gasteiger partial charge is 0.290 e. The highest BCUT2D eigenvalue weighted by Gasteiger charge is 2.44. The number of rotatable bonds is 10. The maximum Gasteiger partial charge on any atom is 0.290 e. The lowest BCUT2D eigenvalue weighted by molar-refractivity contribution is -0.130. The number of ether oxygens (including phenoxy) is 3.